The number of ether oxygens (including phenoxy) is 1. The van der Waals surface area contributed by atoms with Gasteiger partial charge in [-0.3, -0.25) is 9.69 Å². The number of esters is 1. The van der Waals surface area contributed by atoms with E-state index < -0.39 is 12.0 Å². The lowest BCUT2D eigenvalue weighted by molar-refractivity contribution is -0.148. The molecule has 0 saturated heterocycles. The minimum atomic E-state index is -0.664. The highest BCUT2D eigenvalue weighted by Crippen LogP contribution is 2.22. The molecule has 0 amide bonds. The molecule has 0 aliphatic heterocycles. The minimum absolute atomic E-state index is 0.00514. The van der Waals surface area contributed by atoms with Gasteiger partial charge in [0.1, 0.15) is 21.0 Å². The summed E-state index contributed by atoms with van der Waals surface area (Å²) in [6, 6.07) is 22.1. The second kappa shape index (κ2) is 13.6. The highest BCUT2D eigenvalue weighted by Gasteiger charge is 2.28. The topological polar surface area (TPSA) is 98.2 Å². The standard InChI is InChI=1S/C29H27Br2N5O3/c1-19(37)15-16-26(29(38)39-2)36(17-20-7-3-9-22(32-20)24-11-5-13-27(30)34-24)18-21-8-4-10-23(33-21)25-12-6-14-28(31)35-25/h3-14,26H,15-18H2,1-2H3. The average Bonchev–Trinajstić information content (AvgIpc) is 2.93. The highest BCUT2D eigenvalue weighted by molar-refractivity contribution is 9.10. The monoisotopic (exact) mass is 651 g/mol. The maximum atomic E-state index is 13.0. The smallest absolute Gasteiger partial charge is 0.323 e. The largest absolute Gasteiger partial charge is 0.468 e. The molecule has 4 rings (SSSR count). The van der Waals surface area contributed by atoms with E-state index in [0.29, 0.717) is 30.9 Å². The molecular formula is C29H27Br2N5O3. The van der Waals surface area contributed by atoms with Crippen LogP contribution in [-0.4, -0.2) is 49.7 Å². The number of hydrogen-bond acceptors (Lipinski definition) is 8. The van der Waals surface area contributed by atoms with Crippen LogP contribution in [0.2, 0.25) is 0 Å². The first-order valence-corrected chi connectivity index (χ1v) is 13.9. The summed E-state index contributed by atoms with van der Waals surface area (Å²) in [5.74, 6) is -0.406. The molecule has 0 spiro atoms. The summed E-state index contributed by atoms with van der Waals surface area (Å²) in [5.41, 5.74) is 4.39. The summed E-state index contributed by atoms with van der Waals surface area (Å²) in [6.45, 7) is 2.19. The van der Waals surface area contributed by atoms with E-state index in [0.717, 1.165) is 32.0 Å². The Morgan fingerprint density at radius 2 is 1.18 bits per heavy atom. The SMILES string of the molecule is COC(=O)C(CCC(C)=O)N(Cc1cccc(-c2cccc(Br)n2)n1)Cc1cccc(-c2cccc(Br)n2)n1. The van der Waals surface area contributed by atoms with Crippen LogP contribution >= 0.6 is 31.9 Å². The molecule has 0 radical (unpaired) electrons. The zero-order valence-corrected chi connectivity index (χ0v) is 24.7. The molecule has 0 bridgehead atoms. The molecule has 4 aromatic heterocycles. The summed E-state index contributed by atoms with van der Waals surface area (Å²) in [7, 11) is 1.36. The van der Waals surface area contributed by atoms with Crippen LogP contribution in [0.3, 0.4) is 0 Å². The number of nitrogens with zero attached hydrogens (tertiary/aromatic N) is 5. The van der Waals surface area contributed by atoms with Gasteiger partial charge < -0.3 is 9.53 Å². The third-order valence-corrected chi connectivity index (χ3v) is 6.87. The van der Waals surface area contributed by atoms with Crippen LogP contribution in [-0.2, 0) is 27.4 Å². The van der Waals surface area contributed by atoms with Gasteiger partial charge in [0, 0.05) is 19.5 Å². The fraction of sp³-hybridized carbons (Fsp3) is 0.241. The van der Waals surface area contributed by atoms with Crippen LogP contribution < -0.4 is 0 Å². The van der Waals surface area contributed by atoms with Crippen molar-refractivity contribution in [2.45, 2.75) is 38.9 Å². The summed E-state index contributed by atoms with van der Waals surface area (Å²) in [6.07, 6.45) is 0.572. The van der Waals surface area contributed by atoms with Crippen molar-refractivity contribution in [2.24, 2.45) is 0 Å². The Labute approximate surface area is 244 Å². The maximum absolute atomic E-state index is 13.0. The average molecular weight is 653 g/mol. The number of rotatable bonds is 11. The number of carbonyl (C=O) groups excluding carboxylic acids is 2. The Hall–Kier alpha value is -3.34. The fourth-order valence-corrected chi connectivity index (χ4v) is 4.83. The molecule has 10 heteroatoms. The van der Waals surface area contributed by atoms with Crippen molar-refractivity contribution in [1.29, 1.82) is 0 Å². The first kappa shape index (κ1) is 28.7. The number of methoxy groups -OCH3 is 1. The predicted molar refractivity (Wildman–Crippen MR) is 155 cm³/mol. The molecular weight excluding hydrogens is 626 g/mol. The Morgan fingerprint density at radius 1 is 0.744 bits per heavy atom. The Bertz CT molecular complexity index is 1380. The zero-order chi connectivity index (χ0) is 27.8. The number of ketones is 1. The third kappa shape index (κ3) is 8.08. The van der Waals surface area contributed by atoms with Crippen molar-refractivity contribution >= 4 is 43.6 Å². The normalized spacial score (nSPS) is 11.8. The lowest BCUT2D eigenvalue weighted by atomic mass is 10.1. The molecule has 1 unspecified atom stereocenters. The zero-order valence-electron chi connectivity index (χ0n) is 21.6. The lowest BCUT2D eigenvalue weighted by Crippen LogP contribution is -2.41. The number of halogens is 2. The van der Waals surface area contributed by atoms with E-state index in [1.165, 1.54) is 14.0 Å². The maximum Gasteiger partial charge on any atom is 0.323 e. The van der Waals surface area contributed by atoms with Gasteiger partial charge in [-0.15, -0.1) is 0 Å². The van der Waals surface area contributed by atoms with Gasteiger partial charge in [-0.25, -0.2) is 19.9 Å². The predicted octanol–water partition coefficient (Wildman–Crippen LogP) is 6.04. The molecule has 39 heavy (non-hydrogen) atoms. The first-order chi connectivity index (χ1) is 18.8. The summed E-state index contributed by atoms with van der Waals surface area (Å²) < 4.78 is 6.58. The Kier molecular flexibility index (Phi) is 10.0. The molecule has 1 atom stereocenters. The Morgan fingerprint density at radius 3 is 1.59 bits per heavy atom. The van der Waals surface area contributed by atoms with Crippen molar-refractivity contribution in [3.63, 3.8) is 0 Å². The van der Waals surface area contributed by atoms with Gasteiger partial charge in [0.05, 0.1) is 41.3 Å². The molecule has 8 nitrogen and oxygen atoms in total. The second-order valence-corrected chi connectivity index (χ2v) is 10.5. The van der Waals surface area contributed by atoms with Crippen LogP contribution in [0.25, 0.3) is 22.8 Å². The quantitative estimate of drug-likeness (QED) is 0.143. The third-order valence-electron chi connectivity index (χ3n) is 5.98. The van der Waals surface area contributed by atoms with Gasteiger partial charge in [0.25, 0.3) is 0 Å². The number of Topliss-reactive ketones (excluding diaryl/α,β-unsaturated/α-hetero) is 1. The molecule has 200 valence electrons. The molecule has 0 aromatic carbocycles. The van der Waals surface area contributed by atoms with Crippen molar-refractivity contribution in [3.8, 4) is 22.8 Å². The lowest BCUT2D eigenvalue weighted by Gasteiger charge is -2.29. The molecule has 0 aliphatic rings. The van der Waals surface area contributed by atoms with E-state index in [9.17, 15) is 9.59 Å². The first-order valence-electron chi connectivity index (χ1n) is 12.3. The fourth-order valence-electron chi connectivity index (χ4n) is 4.14. The summed E-state index contributed by atoms with van der Waals surface area (Å²) in [5, 5.41) is 0. The van der Waals surface area contributed by atoms with Crippen molar-refractivity contribution in [1.82, 2.24) is 24.8 Å². The molecule has 4 aromatic rings. The van der Waals surface area contributed by atoms with Crippen molar-refractivity contribution < 1.29 is 14.3 Å². The summed E-state index contributed by atoms with van der Waals surface area (Å²) in [4.78, 5) is 45.4. The molecule has 4 heterocycles. The van der Waals surface area contributed by atoms with Crippen LogP contribution in [0.4, 0.5) is 0 Å². The van der Waals surface area contributed by atoms with Gasteiger partial charge >= 0.3 is 5.97 Å². The van der Waals surface area contributed by atoms with Crippen LogP contribution in [0.15, 0.2) is 82.0 Å². The van der Waals surface area contributed by atoms with E-state index in [2.05, 4.69) is 41.8 Å². The van der Waals surface area contributed by atoms with E-state index in [4.69, 9.17) is 14.7 Å². The molecule has 0 fully saturated rings. The van der Waals surface area contributed by atoms with Crippen LogP contribution in [0, 0.1) is 0 Å². The molecule has 0 N–H and O–H groups in total. The van der Waals surface area contributed by atoms with E-state index in [-0.39, 0.29) is 12.2 Å². The highest BCUT2D eigenvalue weighted by atomic mass is 79.9. The number of aromatic nitrogens is 4. The minimum Gasteiger partial charge on any atom is -0.468 e. The van der Waals surface area contributed by atoms with Gasteiger partial charge in [-0.2, -0.15) is 0 Å². The van der Waals surface area contributed by atoms with Gasteiger partial charge in [0.15, 0.2) is 0 Å². The van der Waals surface area contributed by atoms with Crippen LogP contribution in [0.5, 0.6) is 0 Å². The van der Waals surface area contributed by atoms with Crippen LogP contribution in [0.1, 0.15) is 31.2 Å². The van der Waals surface area contributed by atoms with Crippen molar-refractivity contribution in [3.05, 3.63) is 93.4 Å². The van der Waals surface area contributed by atoms with E-state index in [1.54, 1.807) is 0 Å². The van der Waals surface area contributed by atoms with Gasteiger partial charge in [0.2, 0.25) is 0 Å². The van der Waals surface area contributed by atoms with Crippen molar-refractivity contribution in [2.75, 3.05) is 7.11 Å². The number of pyridine rings is 4. The Balaban J connectivity index is 1.68. The second-order valence-electron chi connectivity index (χ2n) is 8.90. The summed E-state index contributed by atoms with van der Waals surface area (Å²) >= 11 is 6.83. The van der Waals surface area contributed by atoms with Gasteiger partial charge in [-0.05, 0) is 93.7 Å². The molecule has 0 aliphatic carbocycles. The molecule has 0 saturated carbocycles. The van der Waals surface area contributed by atoms with Gasteiger partial charge in [-0.1, -0.05) is 24.3 Å². The number of carbonyl (C=O) groups is 2. The number of hydrogen-bond donors (Lipinski definition) is 0. The van der Waals surface area contributed by atoms with E-state index in [1.807, 2.05) is 77.7 Å². The van der Waals surface area contributed by atoms with E-state index >= 15 is 0 Å².